The summed E-state index contributed by atoms with van der Waals surface area (Å²) in [6.45, 7) is 1.07. The summed E-state index contributed by atoms with van der Waals surface area (Å²) >= 11 is 0. The lowest BCUT2D eigenvalue weighted by molar-refractivity contribution is -0.186. The second kappa shape index (κ2) is 14.5. The molecular formula is C35H37N3O5. The van der Waals surface area contributed by atoms with Crippen molar-refractivity contribution in [2.45, 2.75) is 32.1 Å². The van der Waals surface area contributed by atoms with Gasteiger partial charge in [0.15, 0.2) is 6.29 Å². The molecule has 0 spiro atoms. The molecule has 2 amide bonds. The van der Waals surface area contributed by atoms with Crippen molar-refractivity contribution in [2.24, 2.45) is 0 Å². The lowest BCUT2D eigenvalue weighted by Crippen LogP contribution is -2.33. The van der Waals surface area contributed by atoms with Gasteiger partial charge in [-0.3, -0.25) is 9.59 Å². The third kappa shape index (κ3) is 8.22. The third-order valence-corrected chi connectivity index (χ3v) is 7.27. The first-order chi connectivity index (χ1) is 21.0. The fourth-order valence-electron chi connectivity index (χ4n) is 4.77. The standard InChI is InChI=1S/C35H37N3O5/c1-38(2)30-19-15-26(16-20-30)23-36-34(39)29(24-42-32-11-7-9-27-8-3-4-10-31(27)32)22-25-13-17-28(18-14-25)35(40)37-43-33-12-5-6-21-41-33/h3-4,7-11,13-20,22,33H,5-6,12,21,23-24H2,1-2H3,(H,36,39)(H,37,40). The van der Waals surface area contributed by atoms with E-state index in [-0.39, 0.29) is 18.4 Å². The third-order valence-electron chi connectivity index (χ3n) is 7.27. The van der Waals surface area contributed by atoms with Crippen LogP contribution in [-0.4, -0.2) is 45.4 Å². The minimum Gasteiger partial charge on any atom is -0.488 e. The van der Waals surface area contributed by atoms with E-state index in [1.165, 1.54) is 0 Å². The van der Waals surface area contributed by atoms with Crippen LogP contribution in [0.5, 0.6) is 5.75 Å². The van der Waals surface area contributed by atoms with E-state index in [1.54, 1.807) is 30.3 Å². The maximum Gasteiger partial charge on any atom is 0.274 e. The normalized spacial score (nSPS) is 15.1. The predicted octanol–water partition coefficient (Wildman–Crippen LogP) is 5.87. The minimum atomic E-state index is -0.423. The number of benzene rings is 4. The molecule has 0 radical (unpaired) electrons. The average molecular weight is 580 g/mol. The van der Waals surface area contributed by atoms with Gasteiger partial charge in [-0.2, -0.15) is 0 Å². The number of hydroxylamine groups is 1. The quantitative estimate of drug-likeness (QED) is 0.171. The molecule has 8 nitrogen and oxygen atoms in total. The van der Waals surface area contributed by atoms with Crippen molar-refractivity contribution in [3.05, 3.63) is 113 Å². The number of nitrogens with one attached hydrogen (secondary N) is 2. The van der Waals surface area contributed by atoms with E-state index in [4.69, 9.17) is 14.3 Å². The first-order valence-electron chi connectivity index (χ1n) is 14.5. The van der Waals surface area contributed by atoms with Gasteiger partial charge in [-0.1, -0.05) is 60.7 Å². The monoisotopic (exact) mass is 579 g/mol. The largest absolute Gasteiger partial charge is 0.488 e. The molecule has 2 N–H and O–H groups in total. The fraction of sp³-hybridized carbons (Fsp3) is 0.257. The van der Waals surface area contributed by atoms with Crippen molar-refractivity contribution in [1.82, 2.24) is 10.8 Å². The number of rotatable bonds is 11. The van der Waals surface area contributed by atoms with Gasteiger partial charge < -0.3 is 19.7 Å². The number of hydrogen-bond acceptors (Lipinski definition) is 6. The van der Waals surface area contributed by atoms with Crippen LogP contribution in [0.2, 0.25) is 0 Å². The lowest BCUT2D eigenvalue weighted by Gasteiger charge is -2.22. The molecule has 1 aliphatic rings. The van der Waals surface area contributed by atoms with Gasteiger partial charge in [-0.05, 0) is 65.8 Å². The number of hydrogen-bond donors (Lipinski definition) is 2. The molecule has 4 aromatic carbocycles. The second-order valence-corrected chi connectivity index (χ2v) is 10.6. The molecule has 0 aromatic heterocycles. The number of ether oxygens (including phenoxy) is 2. The van der Waals surface area contributed by atoms with Crippen LogP contribution in [0.25, 0.3) is 16.8 Å². The Morgan fingerprint density at radius 2 is 1.70 bits per heavy atom. The lowest BCUT2D eigenvalue weighted by atomic mass is 10.1. The van der Waals surface area contributed by atoms with Gasteiger partial charge in [-0.25, -0.2) is 10.3 Å². The van der Waals surface area contributed by atoms with Gasteiger partial charge in [0.25, 0.3) is 11.8 Å². The van der Waals surface area contributed by atoms with Crippen LogP contribution in [0.3, 0.4) is 0 Å². The highest BCUT2D eigenvalue weighted by molar-refractivity contribution is 5.99. The summed E-state index contributed by atoms with van der Waals surface area (Å²) < 4.78 is 11.7. The zero-order valence-electron chi connectivity index (χ0n) is 24.5. The van der Waals surface area contributed by atoms with E-state index in [0.29, 0.717) is 30.0 Å². The molecular weight excluding hydrogens is 542 g/mol. The molecule has 1 atom stereocenters. The van der Waals surface area contributed by atoms with Crippen molar-refractivity contribution >= 4 is 34.4 Å². The molecule has 1 saturated heterocycles. The van der Waals surface area contributed by atoms with Crippen molar-refractivity contribution in [2.75, 3.05) is 32.2 Å². The van der Waals surface area contributed by atoms with Crippen LogP contribution in [0.4, 0.5) is 5.69 Å². The molecule has 4 aromatic rings. The summed E-state index contributed by atoms with van der Waals surface area (Å²) in [4.78, 5) is 33.4. The van der Waals surface area contributed by atoms with Crippen LogP contribution in [0.15, 0.2) is 96.6 Å². The Morgan fingerprint density at radius 1 is 0.930 bits per heavy atom. The number of fused-ring (bicyclic) bond motifs is 1. The predicted molar refractivity (Wildman–Crippen MR) is 169 cm³/mol. The maximum atomic E-state index is 13.4. The molecule has 1 fully saturated rings. The zero-order valence-corrected chi connectivity index (χ0v) is 24.5. The van der Waals surface area contributed by atoms with Gasteiger partial charge >= 0.3 is 0 Å². The van der Waals surface area contributed by atoms with E-state index in [0.717, 1.165) is 46.8 Å². The van der Waals surface area contributed by atoms with E-state index in [9.17, 15) is 9.59 Å². The highest BCUT2D eigenvalue weighted by Crippen LogP contribution is 2.26. The number of carbonyl (C=O) groups excluding carboxylic acids is 2. The molecule has 0 saturated carbocycles. The van der Waals surface area contributed by atoms with Gasteiger partial charge in [-0.15, -0.1) is 0 Å². The number of carbonyl (C=O) groups is 2. The van der Waals surface area contributed by atoms with Gasteiger partial charge in [0.05, 0.1) is 5.57 Å². The molecule has 1 heterocycles. The van der Waals surface area contributed by atoms with E-state index >= 15 is 0 Å². The molecule has 8 heteroatoms. The van der Waals surface area contributed by atoms with Gasteiger partial charge in [0, 0.05) is 50.3 Å². The summed E-state index contributed by atoms with van der Waals surface area (Å²) in [6.07, 6.45) is 4.11. The second-order valence-electron chi connectivity index (χ2n) is 10.6. The Kier molecular flexibility index (Phi) is 10.0. The van der Waals surface area contributed by atoms with Crippen LogP contribution < -0.4 is 20.4 Å². The summed E-state index contributed by atoms with van der Waals surface area (Å²) in [5.74, 6) is 0.104. The summed E-state index contributed by atoms with van der Waals surface area (Å²) in [5.41, 5.74) is 6.20. The van der Waals surface area contributed by atoms with Crippen molar-refractivity contribution in [3.63, 3.8) is 0 Å². The minimum absolute atomic E-state index is 0.0663. The van der Waals surface area contributed by atoms with Crippen molar-refractivity contribution in [1.29, 1.82) is 0 Å². The maximum absolute atomic E-state index is 13.4. The number of nitrogens with zero attached hydrogens (tertiary/aromatic N) is 1. The first kappa shape index (κ1) is 29.8. The van der Waals surface area contributed by atoms with E-state index in [2.05, 4.69) is 10.8 Å². The van der Waals surface area contributed by atoms with Crippen LogP contribution in [0, 0.1) is 0 Å². The smallest absolute Gasteiger partial charge is 0.274 e. The number of anilines is 1. The highest BCUT2D eigenvalue weighted by atomic mass is 16.8. The van der Waals surface area contributed by atoms with Crippen LogP contribution >= 0.6 is 0 Å². The van der Waals surface area contributed by atoms with Crippen LogP contribution in [0.1, 0.15) is 40.7 Å². The van der Waals surface area contributed by atoms with Crippen molar-refractivity contribution < 1.29 is 23.9 Å². The van der Waals surface area contributed by atoms with E-state index < -0.39 is 6.29 Å². The Balaban J connectivity index is 1.29. The zero-order chi connectivity index (χ0) is 30.0. The molecule has 1 aliphatic heterocycles. The van der Waals surface area contributed by atoms with Gasteiger partial charge in [0.1, 0.15) is 12.4 Å². The molecule has 5 rings (SSSR count). The molecule has 222 valence electrons. The molecule has 0 aliphatic carbocycles. The van der Waals surface area contributed by atoms with E-state index in [1.807, 2.05) is 85.7 Å². The van der Waals surface area contributed by atoms with Gasteiger partial charge in [0.2, 0.25) is 0 Å². The van der Waals surface area contributed by atoms with Crippen molar-refractivity contribution in [3.8, 4) is 5.75 Å². The topological polar surface area (TPSA) is 89.1 Å². The Bertz CT molecular complexity index is 1550. The molecule has 43 heavy (non-hydrogen) atoms. The fourth-order valence-corrected chi connectivity index (χ4v) is 4.77. The summed E-state index contributed by atoms with van der Waals surface area (Å²) in [6, 6.07) is 28.8. The van der Waals surface area contributed by atoms with Crippen LogP contribution in [-0.2, 0) is 20.9 Å². The first-order valence-corrected chi connectivity index (χ1v) is 14.5. The Morgan fingerprint density at radius 3 is 2.44 bits per heavy atom. The Labute approximate surface area is 252 Å². The SMILES string of the molecule is CN(C)c1ccc(CNC(=O)C(=Cc2ccc(C(=O)NOC3CCCCO3)cc2)COc2cccc3ccccc23)cc1. The molecule has 1 unspecified atom stereocenters. The molecule has 0 bridgehead atoms. The summed E-state index contributed by atoms with van der Waals surface area (Å²) in [7, 11) is 3.98. The number of amides is 2. The average Bonchev–Trinajstić information content (AvgIpc) is 3.05. The summed E-state index contributed by atoms with van der Waals surface area (Å²) in [5, 5.41) is 5.06. The Hall–Kier alpha value is -4.66. The highest BCUT2D eigenvalue weighted by Gasteiger charge is 2.17.